The first-order valence-corrected chi connectivity index (χ1v) is 11.1. The Morgan fingerprint density at radius 3 is 2.61 bits per heavy atom. The number of rotatable bonds is 7. The molecular formula is C22H27F3N4O4. The van der Waals surface area contributed by atoms with E-state index in [9.17, 15) is 22.8 Å². The van der Waals surface area contributed by atoms with Gasteiger partial charge in [0, 0.05) is 19.1 Å². The molecule has 1 aromatic heterocycles. The molecule has 1 amide bonds. The molecule has 0 unspecified atom stereocenters. The lowest BCUT2D eigenvalue weighted by atomic mass is 9.84. The summed E-state index contributed by atoms with van der Waals surface area (Å²) < 4.78 is 49.0. The Morgan fingerprint density at radius 2 is 1.94 bits per heavy atom. The highest BCUT2D eigenvalue weighted by molar-refractivity contribution is 5.90. The summed E-state index contributed by atoms with van der Waals surface area (Å²) >= 11 is 0. The molecule has 1 saturated carbocycles. The van der Waals surface area contributed by atoms with E-state index in [4.69, 9.17) is 9.26 Å². The largest absolute Gasteiger partial charge is 0.466 e. The van der Waals surface area contributed by atoms with Gasteiger partial charge in [-0.25, -0.2) is 0 Å². The van der Waals surface area contributed by atoms with E-state index in [0.29, 0.717) is 12.6 Å². The Hall–Kier alpha value is -2.82. The second kappa shape index (κ2) is 9.58. The van der Waals surface area contributed by atoms with E-state index in [1.165, 1.54) is 6.07 Å². The molecule has 180 valence electrons. The first-order chi connectivity index (χ1) is 15.7. The van der Waals surface area contributed by atoms with E-state index >= 15 is 0 Å². The van der Waals surface area contributed by atoms with Crippen molar-refractivity contribution in [2.24, 2.45) is 5.92 Å². The topological polar surface area (TPSA) is 96.7 Å². The van der Waals surface area contributed by atoms with Gasteiger partial charge in [0.25, 0.3) is 0 Å². The number of hydrogen-bond acceptors (Lipinski definition) is 7. The number of nitrogens with zero attached hydrogens (tertiary/aromatic N) is 2. The number of fused-ring (bicyclic) bond motifs is 1. The molecule has 4 rings (SSSR count). The van der Waals surface area contributed by atoms with Crippen molar-refractivity contribution in [1.82, 2.24) is 15.4 Å². The zero-order valence-electron chi connectivity index (χ0n) is 18.3. The first kappa shape index (κ1) is 23.3. The number of alkyl halides is 3. The predicted molar refractivity (Wildman–Crippen MR) is 113 cm³/mol. The molecule has 2 fully saturated rings. The molecule has 0 radical (unpaired) electrons. The minimum absolute atomic E-state index is 0.0103. The molecule has 0 spiro atoms. The fourth-order valence-electron chi connectivity index (χ4n) is 4.52. The predicted octanol–water partition coefficient (Wildman–Crippen LogP) is 3.18. The number of likely N-dealkylation sites (tertiary alicyclic amines) is 1. The van der Waals surface area contributed by atoms with Crippen LogP contribution in [0.1, 0.15) is 38.2 Å². The molecule has 2 aromatic rings. The van der Waals surface area contributed by atoms with Crippen molar-refractivity contribution >= 4 is 28.7 Å². The highest BCUT2D eigenvalue weighted by Crippen LogP contribution is 2.34. The molecule has 2 N–H and O–H groups in total. The van der Waals surface area contributed by atoms with Gasteiger partial charge >= 0.3 is 12.1 Å². The van der Waals surface area contributed by atoms with Crippen LogP contribution in [0.25, 0.3) is 11.0 Å². The van der Waals surface area contributed by atoms with Crippen molar-refractivity contribution in [2.45, 2.75) is 50.9 Å². The second-order valence-corrected chi connectivity index (χ2v) is 8.57. The summed E-state index contributed by atoms with van der Waals surface area (Å²) in [5.74, 6) is -0.288. The maximum atomic E-state index is 12.9. The van der Waals surface area contributed by atoms with E-state index in [1.54, 1.807) is 0 Å². The fraction of sp³-hybridized carbons (Fsp3) is 0.591. The SMILES string of the molecule is CCOC(=O)C1CCC(N2CC(NC(=O)CNc3noc4ccc(C(F)(F)F)cc34)C2)CC1. The van der Waals surface area contributed by atoms with Gasteiger partial charge in [-0.2, -0.15) is 13.2 Å². The zero-order chi connectivity index (χ0) is 23.6. The number of ether oxygens (including phenoxy) is 1. The maximum Gasteiger partial charge on any atom is 0.416 e. The molecule has 11 heteroatoms. The van der Waals surface area contributed by atoms with Crippen molar-refractivity contribution in [1.29, 1.82) is 0 Å². The number of carbonyl (C=O) groups excluding carboxylic acids is 2. The summed E-state index contributed by atoms with van der Waals surface area (Å²) in [6.07, 6.45) is -0.963. The van der Waals surface area contributed by atoms with Gasteiger partial charge < -0.3 is 19.9 Å². The van der Waals surface area contributed by atoms with Crippen LogP contribution in [0.4, 0.5) is 19.0 Å². The van der Waals surface area contributed by atoms with Gasteiger partial charge in [0.2, 0.25) is 5.91 Å². The van der Waals surface area contributed by atoms with Crippen LogP contribution in [-0.4, -0.2) is 60.3 Å². The lowest BCUT2D eigenvalue weighted by Crippen LogP contribution is -2.63. The minimum Gasteiger partial charge on any atom is -0.466 e. The minimum atomic E-state index is -4.48. The molecule has 8 nitrogen and oxygen atoms in total. The summed E-state index contributed by atoms with van der Waals surface area (Å²) in [4.78, 5) is 26.5. The number of amides is 1. The summed E-state index contributed by atoms with van der Waals surface area (Å²) in [6, 6.07) is 3.51. The quantitative estimate of drug-likeness (QED) is 0.603. The van der Waals surface area contributed by atoms with Gasteiger partial charge in [0.1, 0.15) is 0 Å². The summed E-state index contributed by atoms with van der Waals surface area (Å²) in [5.41, 5.74) is -0.602. The number of carbonyl (C=O) groups is 2. The Balaban J connectivity index is 1.20. The van der Waals surface area contributed by atoms with Crippen LogP contribution in [0.5, 0.6) is 0 Å². The second-order valence-electron chi connectivity index (χ2n) is 8.57. The zero-order valence-corrected chi connectivity index (χ0v) is 18.3. The average Bonchev–Trinajstić information content (AvgIpc) is 3.16. The molecule has 33 heavy (non-hydrogen) atoms. The number of nitrogens with one attached hydrogen (secondary N) is 2. The van der Waals surface area contributed by atoms with Crippen molar-refractivity contribution in [3.63, 3.8) is 0 Å². The summed E-state index contributed by atoms with van der Waals surface area (Å²) in [7, 11) is 0. The third-order valence-corrected chi connectivity index (χ3v) is 6.32. The lowest BCUT2D eigenvalue weighted by molar-refractivity contribution is -0.149. The maximum absolute atomic E-state index is 12.9. The highest BCUT2D eigenvalue weighted by Gasteiger charge is 2.37. The normalized spacial score (nSPS) is 22.1. The van der Waals surface area contributed by atoms with Gasteiger partial charge in [-0.3, -0.25) is 14.5 Å². The van der Waals surface area contributed by atoms with Crippen LogP contribution in [0.3, 0.4) is 0 Å². The van der Waals surface area contributed by atoms with Crippen LogP contribution in [0.15, 0.2) is 22.7 Å². The Kier molecular flexibility index (Phi) is 6.78. The van der Waals surface area contributed by atoms with E-state index in [0.717, 1.165) is 50.9 Å². The van der Waals surface area contributed by atoms with Gasteiger partial charge in [0.05, 0.1) is 36.1 Å². The van der Waals surface area contributed by atoms with Crippen LogP contribution in [0, 0.1) is 5.92 Å². The van der Waals surface area contributed by atoms with Crippen LogP contribution in [0.2, 0.25) is 0 Å². The Bertz CT molecular complexity index is 995. The molecule has 1 aliphatic heterocycles. The number of halogens is 3. The van der Waals surface area contributed by atoms with E-state index in [2.05, 4.69) is 20.7 Å². The molecule has 0 bridgehead atoms. The Morgan fingerprint density at radius 1 is 1.21 bits per heavy atom. The standard InChI is InChI=1S/C22H27F3N4O4/c1-2-32-21(31)13-3-6-16(7-4-13)29-11-15(12-29)27-19(30)10-26-20-17-9-14(22(23,24)25)5-8-18(17)33-28-20/h5,8-9,13,15-16H,2-4,6-7,10-12H2,1H3,(H,26,28)(H,27,30). The van der Waals surface area contributed by atoms with E-state index in [-0.39, 0.29) is 47.2 Å². The third-order valence-electron chi connectivity index (χ3n) is 6.32. The van der Waals surface area contributed by atoms with Gasteiger partial charge in [-0.1, -0.05) is 5.16 Å². The molecular weight excluding hydrogens is 441 g/mol. The van der Waals surface area contributed by atoms with E-state index < -0.39 is 11.7 Å². The van der Waals surface area contributed by atoms with Crippen molar-refractivity contribution < 1.29 is 32.0 Å². The molecule has 2 aliphatic rings. The molecule has 0 atom stereocenters. The van der Waals surface area contributed by atoms with Crippen molar-refractivity contribution in [3.05, 3.63) is 23.8 Å². The average molecular weight is 468 g/mol. The third kappa shape index (κ3) is 5.40. The van der Waals surface area contributed by atoms with Crippen molar-refractivity contribution in [2.75, 3.05) is 31.6 Å². The van der Waals surface area contributed by atoms with Crippen LogP contribution >= 0.6 is 0 Å². The number of aromatic nitrogens is 1. The molecule has 1 aliphatic carbocycles. The number of anilines is 1. The Labute approximate surface area is 188 Å². The van der Waals surface area contributed by atoms with Gasteiger partial charge in [-0.15, -0.1) is 0 Å². The van der Waals surface area contributed by atoms with Gasteiger partial charge in [-0.05, 0) is 50.8 Å². The lowest BCUT2D eigenvalue weighted by Gasteiger charge is -2.46. The summed E-state index contributed by atoms with van der Waals surface area (Å²) in [6.45, 7) is 3.57. The number of esters is 1. The summed E-state index contributed by atoms with van der Waals surface area (Å²) in [5, 5.41) is 9.58. The highest BCUT2D eigenvalue weighted by atomic mass is 19.4. The van der Waals surface area contributed by atoms with E-state index in [1.807, 2.05) is 6.92 Å². The molecule has 2 heterocycles. The molecule has 1 aromatic carbocycles. The fourth-order valence-corrected chi connectivity index (χ4v) is 4.52. The van der Waals surface area contributed by atoms with Crippen molar-refractivity contribution in [3.8, 4) is 0 Å². The van der Waals surface area contributed by atoms with Gasteiger partial charge in [0.15, 0.2) is 11.4 Å². The number of hydrogen-bond donors (Lipinski definition) is 2. The van der Waals surface area contributed by atoms with Crippen LogP contribution < -0.4 is 10.6 Å². The smallest absolute Gasteiger partial charge is 0.416 e. The molecule has 1 saturated heterocycles. The first-order valence-electron chi connectivity index (χ1n) is 11.1. The monoisotopic (exact) mass is 468 g/mol. The van der Waals surface area contributed by atoms with Crippen LogP contribution in [-0.2, 0) is 20.5 Å². The number of benzene rings is 1.